The number of hydrogen-bond acceptors (Lipinski definition) is 2. The molecule has 0 radical (unpaired) electrons. The molecule has 2 nitrogen and oxygen atoms in total. The second-order valence-electron chi connectivity index (χ2n) is 0.447. The Kier molecular flexibility index (Phi) is 71.9. The van der Waals surface area contributed by atoms with Crippen LogP contribution in [0.15, 0.2) is 13.2 Å². The normalized spacial score (nSPS) is 4.86. The average molecular weight is 116 g/mol. The van der Waals surface area contributed by atoms with Crippen LogP contribution in [0, 0.1) is 0 Å². The van der Waals surface area contributed by atoms with E-state index in [9.17, 15) is 0 Å². The van der Waals surface area contributed by atoms with Gasteiger partial charge >= 0.3 is 23.1 Å². The molecular formula is C4H12MgO2. The van der Waals surface area contributed by atoms with Gasteiger partial charge in [-0.3, -0.25) is 0 Å². The van der Waals surface area contributed by atoms with E-state index in [-0.39, 0.29) is 39.1 Å². The largest absolute Gasteiger partial charge is 2.00 e. The number of hydrogen-bond donors (Lipinski definition) is 2. The SMILES string of the molecule is C=C.OCCO.[H-].[H-].[Mg+2]. The average Bonchev–Trinajstić information content (AvgIpc) is 1.72. The van der Waals surface area contributed by atoms with Gasteiger partial charge in [0.2, 0.25) is 0 Å². The van der Waals surface area contributed by atoms with Crippen molar-refractivity contribution < 1.29 is 13.1 Å². The summed E-state index contributed by atoms with van der Waals surface area (Å²) in [4.78, 5) is 0. The molecule has 0 heterocycles. The maximum atomic E-state index is 7.62. The molecule has 0 saturated carbocycles. The van der Waals surface area contributed by atoms with Gasteiger partial charge in [-0.15, -0.1) is 13.2 Å². The number of rotatable bonds is 1. The molecule has 2 N–H and O–H groups in total. The maximum absolute atomic E-state index is 7.62. The zero-order valence-electron chi connectivity index (χ0n) is 6.43. The number of aliphatic hydroxyl groups is 2. The standard InChI is InChI=1S/C2H6O2.C2H4.Mg.2H/c3-1-2-4;1-2;;;/h3-4H,1-2H2;1-2H2;;;/q;;+2;2*-1. The van der Waals surface area contributed by atoms with Gasteiger partial charge in [-0.05, 0) is 0 Å². The molecule has 0 aromatic carbocycles. The second-order valence-corrected chi connectivity index (χ2v) is 0.447. The van der Waals surface area contributed by atoms with Gasteiger partial charge in [0.15, 0.2) is 0 Å². The van der Waals surface area contributed by atoms with Crippen molar-refractivity contribution in [2.24, 2.45) is 0 Å². The molecule has 0 aliphatic rings. The van der Waals surface area contributed by atoms with Crippen molar-refractivity contribution >= 4 is 23.1 Å². The quantitative estimate of drug-likeness (QED) is 0.362. The first-order valence-electron chi connectivity index (χ1n) is 1.63. The van der Waals surface area contributed by atoms with Crippen LogP contribution in [0.4, 0.5) is 0 Å². The predicted molar refractivity (Wildman–Crippen MR) is 33.4 cm³/mol. The fraction of sp³-hybridized carbons (Fsp3) is 0.500. The number of aliphatic hydroxyl groups excluding tert-OH is 2. The first kappa shape index (κ1) is 15.7. The molecule has 0 atom stereocenters. The Balaban J connectivity index is -0.00000000990. The minimum absolute atomic E-state index is 0. The maximum Gasteiger partial charge on any atom is 2.00 e. The van der Waals surface area contributed by atoms with E-state index in [4.69, 9.17) is 10.2 Å². The second kappa shape index (κ2) is 32.1. The Hall–Kier alpha value is 0.426. The van der Waals surface area contributed by atoms with Crippen LogP contribution in [-0.2, 0) is 0 Å². The van der Waals surface area contributed by atoms with Crippen molar-refractivity contribution in [1.29, 1.82) is 0 Å². The molecule has 0 bridgehead atoms. The van der Waals surface area contributed by atoms with Crippen molar-refractivity contribution in [3.63, 3.8) is 0 Å². The third-order valence-corrected chi connectivity index (χ3v) is 0.1000. The molecule has 0 unspecified atom stereocenters. The van der Waals surface area contributed by atoms with E-state index < -0.39 is 0 Å². The summed E-state index contributed by atoms with van der Waals surface area (Å²) >= 11 is 0. The Labute approximate surface area is 63.0 Å². The van der Waals surface area contributed by atoms with Crippen LogP contribution >= 0.6 is 0 Å². The Morgan fingerprint density at radius 1 is 1.14 bits per heavy atom. The summed E-state index contributed by atoms with van der Waals surface area (Å²) in [5, 5.41) is 15.2. The van der Waals surface area contributed by atoms with Crippen LogP contribution in [0.1, 0.15) is 2.85 Å². The molecular weight excluding hydrogens is 104 g/mol. The molecule has 0 aromatic rings. The molecule has 0 saturated heterocycles. The van der Waals surface area contributed by atoms with E-state index in [1.165, 1.54) is 0 Å². The third-order valence-electron chi connectivity index (χ3n) is 0.1000. The van der Waals surface area contributed by atoms with Crippen molar-refractivity contribution in [1.82, 2.24) is 0 Å². The van der Waals surface area contributed by atoms with Crippen molar-refractivity contribution in [2.45, 2.75) is 0 Å². The van der Waals surface area contributed by atoms with E-state index in [0.717, 1.165) is 0 Å². The van der Waals surface area contributed by atoms with Gasteiger partial charge < -0.3 is 13.1 Å². The summed E-state index contributed by atoms with van der Waals surface area (Å²) in [6.07, 6.45) is 0. The van der Waals surface area contributed by atoms with Crippen molar-refractivity contribution in [2.75, 3.05) is 13.2 Å². The molecule has 42 valence electrons. The topological polar surface area (TPSA) is 40.5 Å². The summed E-state index contributed by atoms with van der Waals surface area (Å²) in [5.41, 5.74) is 0. The fourth-order valence-corrected chi connectivity index (χ4v) is 0. The van der Waals surface area contributed by atoms with Crippen LogP contribution < -0.4 is 0 Å². The van der Waals surface area contributed by atoms with Crippen LogP contribution in [0.2, 0.25) is 0 Å². The minimum Gasteiger partial charge on any atom is -1.00 e. The van der Waals surface area contributed by atoms with Gasteiger partial charge in [0, 0.05) is 0 Å². The molecule has 0 aromatic heterocycles. The predicted octanol–water partition coefficient (Wildman–Crippen LogP) is -0.383. The zero-order valence-corrected chi connectivity index (χ0v) is 5.84. The van der Waals surface area contributed by atoms with Crippen LogP contribution in [0.25, 0.3) is 0 Å². The van der Waals surface area contributed by atoms with Gasteiger partial charge in [0.25, 0.3) is 0 Å². The van der Waals surface area contributed by atoms with Crippen LogP contribution in [0.3, 0.4) is 0 Å². The summed E-state index contributed by atoms with van der Waals surface area (Å²) in [6, 6.07) is 0. The smallest absolute Gasteiger partial charge is 1.00 e. The van der Waals surface area contributed by atoms with Gasteiger partial charge in [-0.1, -0.05) is 0 Å². The summed E-state index contributed by atoms with van der Waals surface area (Å²) in [7, 11) is 0. The Morgan fingerprint density at radius 2 is 1.29 bits per heavy atom. The first-order valence-corrected chi connectivity index (χ1v) is 1.63. The van der Waals surface area contributed by atoms with E-state index in [1.54, 1.807) is 0 Å². The summed E-state index contributed by atoms with van der Waals surface area (Å²) < 4.78 is 0. The minimum atomic E-state index is -0.125. The van der Waals surface area contributed by atoms with Gasteiger partial charge in [-0.25, -0.2) is 0 Å². The molecule has 3 heteroatoms. The monoisotopic (exact) mass is 116 g/mol. The van der Waals surface area contributed by atoms with Gasteiger partial charge in [0.1, 0.15) is 0 Å². The molecule has 0 rings (SSSR count). The van der Waals surface area contributed by atoms with E-state index >= 15 is 0 Å². The first-order chi connectivity index (χ1) is 2.91. The van der Waals surface area contributed by atoms with E-state index in [0.29, 0.717) is 0 Å². The zero-order chi connectivity index (χ0) is 5.41. The molecule has 0 amide bonds. The van der Waals surface area contributed by atoms with E-state index in [1.807, 2.05) is 0 Å². The molecule has 0 spiro atoms. The van der Waals surface area contributed by atoms with Gasteiger partial charge in [0.05, 0.1) is 13.2 Å². The molecule has 7 heavy (non-hydrogen) atoms. The Morgan fingerprint density at radius 3 is 1.29 bits per heavy atom. The molecule has 0 aliphatic carbocycles. The molecule has 0 aliphatic heterocycles. The van der Waals surface area contributed by atoms with Gasteiger partial charge in [-0.2, -0.15) is 0 Å². The van der Waals surface area contributed by atoms with E-state index in [2.05, 4.69) is 13.2 Å². The summed E-state index contributed by atoms with van der Waals surface area (Å²) in [5.74, 6) is 0. The Bertz CT molecular complexity index is 24.0. The fourth-order valence-electron chi connectivity index (χ4n) is 0. The van der Waals surface area contributed by atoms with Crippen molar-refractivity contribution in [3.8, 4) is 0 Å². The van der Waals surface area contributed by atoms with Crippen molar-refractivity contribution in [3.05, 3.63) is 13.2 Å². The summed E-state index contributed by atoms with van der Waals surface area (Å²) in [6.45, 7) is 5.75. The third kappa shape index (κ3) is 61.9. The molecule has 0 fully saturated rings. The van der Waals surface area contributed by atoms with Crippen LogP contribution in [0.5, 0.6) is 0 Å². The van der Waals surface area contributed by atoms with Crippen LogP contribution in [-0.4, -0.2) is 46.5 Å².